The number of hydrogen-bond donors (Lipinski definition) is 2. The molecule has 0 atom stereocenters. The summed E-state index contributed by atoms with van der Waals surface area (Å²) >= 11 is 0. The Bertz CT molecular complexity index is 300. The summed E-state index contributed by atoms with van der Waals surface area (Å²) in [6.45, 7) is 3.81. The molecule has 1 aliphatic carbocycles. The number of carboxylic acid groups (broad SMARTS) is 1. The second-order valence-electron chi connectivity index (χ2n) is 4.88. The summed E-state index contributed by atoms with van der Waals surface area (Å²) in [6.07, 6.45) is 1.77. The van der Waals surface area contributed by atoms with Crippen LogP contribution in [0.1, 0.15) is 26.7 Å². The molecule has 2 N–H and O–H groups in total. The van der Waals surface area contributed by atoms with Crippen molar-refractivity contribution in [2.24, 2.45) is 0 Å². The number of hydrogen-bond acceptors (Lipinski definition) is 3. The first kappa shape index (κ1) is 13.8. The number of carboxylic acids is 1. The van der Waals surface area contributed by atoms with Crippen molar-refractivity contribution in [1.82, 2.24) is 10.2 Å². The third-order valence-corrected chi connectivity index (χ3v) is 2.77. The molecule has 6 nitrogen and oxygen atoms in total. The van der Waals surface area contributed by atoms with E-state index in [1.165, 1.54) is 4.90 Å². The molecule has 17 heavy (non-hydrogen) atoms. The number of nitrogens with zero attached hydrogens (tertiary/aromatic N) is 1. The lowest BCUT2D eigenvalue weighted by molar-refractivity contribution is -0.137. The number of urea groups is 1. The molecule has 1 aliphatic rings. The Morgan fingerprint density at radius 1 is 1.47 bits per heavy atom. The van der Waals surface area contributed by atoms with Crippen molar-refractivity contribution in [2.75, 3.05) is 20.2 Å². The van der Waals surface area contributed by atoms with Gasteiger partial charge < -0.3 is 20.1 Å². The number of aliphatic carboxylic acids is 1. The first-order valence-electron chi connectivity index (χ1n) is 5.67. The van der Waals surface area contributed by atoms with Crippen LogP contribution in [0.3, 0.4) is 0 Å². The van der Waals surface area contributed by atoms with Gasteiger partial charge in [0.2, 0.25) is 0 Å². The van der Waals surface area contributed by atoms with Gasteiger partial charge in [0.15, 0.2) is 0 Å². The second-order valence-corrected chi connectivity index (χ2v) is 4.88. The van der Waals surface area contributed by atoms with Crippen LogP contribution in [0.15, 0.2) is 0 Å². The zero-order chi connectivity index (χ0) is 13.1. The van der Waals surface area contributed by atoms with Crippen molar-refractivity contribution >= 4 is 12.0 Å². The van der Waals surface area contributed by atoms with Gasteiger partial charge in [-0.2, -0.15) is 0 Å². The van der Waals surface area contributed by atoms with Crippen LogP contribution in [-0.4, -0.2) is 53.8 Å². The van der Waals surface area contributed by atoms with Gasteiger partial charge in [0.1, 0.15) is 6.54 Å². The molecule has 0 saturated heterocycles. The minimum Gasteiger partial charge on any atom is -0.480 e. The molecular formula is C11H20N2O4. The Hall–Kier alpha value is -1.30. The normalized spacial score (nSPS) is 15.5. The Morgan fingerprint density at radius 3 is 2.47 bits per heavy atom. The predicted molar refractivity (Wildman–Crippen MR) is 61.9 cm³/mol. The summed E-state index contributed by atoms with van der Waals surface area (Å²) in [5.74, 6) is -0.988. The fraction of sp³-hybridized carbons (Fsp3) is 0.818. The molecule has 0 bridgehead atoms. The number of ether oxygens (including phenoxy) is 1. The first-order chi connectivity index (χ1) is 7.85. The van der Waals surface area contributed by atoms with E-state index in [2.05, 4.69) is 5.32 Å². The topological polar surface area (TPSA) is 78.9 Å². The molecule has 98 valence electrons. The zero-order valence-electron chi connectivity index (χ0n) is 10.5. The molecule has 0 radical (unpaired) electrons. The SMILES string of the molecule is COC(C)(C)CNC(=O)N(CC(=O)O)C1CC1. The molecule has 1 rings (SSSR count). The van der Waals surface area contributed by atoms with Gasteiger partial charge in [-0.3, -0.25) is 4.79 Å². The van der Waals surface area contributed by atoms with Crippen LogP contribution in [0, 0.1) is 0 Å². The minimum atomic E-state index is -0.988. The van der Waals surface area contributed by atoms with Crippen molar-refractivity contribution in [3.05, 3.63) is 0 Å². The highest BCUT2D eigenvalue weighted by atomic mass is 16.5. The van der Waals surface area contributed by atoms with Gasteiger partial charge in [0.25, 0.3) is 0 Å². The zero-order valence-corrected chi connectivity index (χ0v) is 10.5. The number of rotatable bonds is 6. The molecule has 0 aromatic rings. The number of amides is 2. The lowest BCUT2D eigenvalue weighted by atomic mass is 10.1. The van der Waals surface area contributed by atoms with E-state index in [-0.39, 0.29) is 18.6 Å². The van der Waals surface area contributed by atoms with Crippen molar-refractivity contribution in [3.8, 4) is 0 Å². The van der Waals surface area contributed by atoms with E-state index >= 15 is 0 Å². The van der Waals surface area contributed by atoms with Gasteiger partial charge in [0, 0.05) is 19.7 Å². The van der Waals surface area contributed by atoms with E-state index < -0.39 is 11.6 Å². The number of methoxy groups -OCH3 is 1. The Kier molecular flexibility index (Phi) is 4.34. The minimum absolute atomic E-state index is 0.0803. The summed E-state index contributed by atoms with van der Waals surface area (Å²) in [5.41, 5.74) is -0.450. The van der Waals surface area contributed by atoms with Crippen LogP contribution in [0.25, 0.3) is 0 Å². The van der Waals surface area contributed by atoms with Crippen LogP contribution in [0.5, 0.6) is 0 Å². The summed E-state index contributed by atoms with van der Waals surface area (Å²) in [4.78, 5) is 23.8. The average molecular weight is 244 g/mol. The molecule has 0 aliphatic heterocycles. The van der Waals surface area contributed by atoms with Crippen molar-refractivity contribution in [1.29, 1.82) is 0 Å². The molecule has 0 spiro atoms. The third kappa shape index (κ3) is 4.60. The summed E-state index contributed by atoms with van der Waals surface area (Å²) in [7, 11) is 1.57. The predicted octanol–water partition coefficient (Wildman–Crippen LogP) is 0.670. The molecule has 6 heteroatoms. The standard InChI is InChI=1S/C11H20N2O4/c1-11(2,17-3)7-12-10(16)13(6-9(14)15)8-4-5-8/h8H,4-7H2,1-3H3,(H,12,16)(H,14,15). The number of carbonyl (C=O) groups excluding carboxylic acids is 1. The third-order valence-electron chi connectivity index (χ3n) is 2.77. The molecule has 1 fully saturated rings. The molecule has 1 saturated carbocycles. The van der Waals surface area contributed by atoms with Gasteiger partial charge in [-0.1, -0.05) is 0 Å². The van der Waals surface area contributed by atoms with Crippen LogP contribution in [0.2, 0.25) is 0 Å². The van der Waals surface area contributed by atoms with E-state index in [9.17, 15) is 9.59 Å². The molecular weight excluding hydrogens is 224 g/mol. The van der Waals surface area contributed by atoms with Crippen LogP contribution in [-0.2, 0) is 9.53 Å². The molecule has 0 heterocycles. The van der Waals surface area contributed by atoms with E-state index in [1.807, 2.05) is 13.8 Å². The van der Waals surface area contributed by atoms with Crippen molar-refractivity contribution in [3.63, 3.8) is 0 Å². The molecule has 2 amide bonds. The van der Waals surface area contributed by atoms with E-state index in [0.717, 1.165) is 12.8 Å². The average Bonchev–Trinajstić information content (AvgIpc) is 3.06. The Morgan fingerprint density at radius 2 is 2.06 bits per heavy atom. The van der Waals surface area contributed by atoms with Gasteiger partial charge >= 0.3 is 12.0 Å². The second kappa shape index (κ2) is 5.35. The number of carbonyl (C=O) groups is 2. The maximum atomic E-state index is 11.8. The lowest BCUT2D eigenvalue weighted by Crippen LogP contribution is -2.48. The van der Waals surface area contributed by atoms with Gasteiger partial charge in [-0.05, 0) is 26.7 Å². The maximum absolute atomic E-state index is 11.8. The van der Waals surface area contributed by atoms with Crippen LogP contribution >= 0.6 is 0 Å². The van der Waals surface area contributed by atoms with Gasteiger partial charge in [0.05, 0.1) is 5.60 Å². The smallest absolute Gasteiger partial charge is 0.323 e. The van der Waals surface area contributed by atoms with Gasteiger partial charge in [-0.15, -0.1) is 0 Å². The van der Waals surface area contributed by atoms with E-state index in [0.29, 0.717) is 6.54 Å². The fourth-order valence-corrected chi connectivity index (χ4v) is 1.36. The van der Waals surface area contributed by atoms with Crippen molar-refractivity contribution < 1.29 is 19.4 Å². The van der Waals surface area contributed by atoms with Gasteiger partial charge in [-0.25, -0.2) is 4.79 Å². The lowest BCUT2D eigenvalue weighted by Gasteiger charge is -2.26. The highest BCUT2D eigenvalue weighted by Gasteiger charge is 2.34. The monoisotopic (exact) mass is 244 g/mol. The highest BCUT2D eigenvalue weighted by Crippen LogP contribution is 2.26. The summed E-state index contributed by atoms with van der Waals surface area (Å²) in [5, 5.41) is 11.4. The Balaban J connectivity index is 2.45. The quantitative estimate of drug-likeness (QED) is 0.719. The number of nitrogens with one attached hydrogen (secondary N) is 1. The van der Waals surface area contributed by atoms with E-state index in [1.54, 1.807) is 7.11 Å². The van der Waals surface area contributed by atoms with Crippen molar-refractivity contribution in [2.45, 2.75) is 38.3 Å². The van der Waals surface area contributed by atoms with Crippen LogP contribution < -0.4 is 5.32 Å². The summed E-state index contributed by atoms with van der Waals surface area (Å²) in [6, 6.07) is -0.253. The fourth-order valence-electron chi connectivity index (χ4n) is 1.36. The van der Waals surface area contributed by atoms with E-state index in [4.69, 9.17) is 9.84 Å². The molecule has 0 unspecified atom stereocenters. The molecule has 0 aromatic heterocycles. The Labute approximate surface area is 101 Å². The first-order valence-corrected chi connectivity index (χ1v) is 5.67. The molecule has 0 aromatic carbocycles. The van der Waals surface area contributed by atoms with Crippen LogP contribution in [0.4, 0.5) is 4.79 Å². The summed E-state index contributed by atoms with van der Waals surface area (Å²) < 4.78 is 5.18. The highest BCUT2D eigenvalue weighted by molar-refractivity contribution is 5.80. The largest absolute Gasteiger partial charge is 0.480 e. The maximum Gasteiger partial charge on any atom is 0.323 e.